The zero-order valence-electron chi connectivity index (χ0n) is 14.8. The number of hydrogen-bond acceptors (Lipinski definition) is 5. The fraction of sp³-hybridized carbons (Fsp3) is 0.350. The maximum absolute atomic E-state index is 12.3. The molecule has 2 N–H and O–H groups in total. The Morgan fingerprint density at radius 1 is 1.27 bits per heavy atom. The molecule has 0 heterocycles. The smallest absolute Gasteiger partial charge is 0.339 e. The molecule has 0 saturated heterocycles. The molecule has 6 nitrogen and oxygen atoms in total. The van der Waals surface area contributed by atoms with Crippen LogP contribution in [0.25, 0.3) is 10.8 Å². The van der Waals surface area contributed by atoms with Gasteiger partial charge in [0, 0.05) is 5.69 Å². The summed E-state index contributed by atoms with van der Waals surface area (Å²) >= 11 is 0. The molecule has 1 aliphatic carbocycles. The molecule has 0 radical (unpaired) electrons. The topological polar surface area (TPSA) is 91.2 Å². The fourth-order valence-corrected chi connectivity index (χ4v) is 3.06. The van der Waals surface area contributed by atoms with Crippen molar-refractivity contribution >= 4 is 28.3 Å². The van der Waals surface area contributed by atoms with Crippen molar-refractivity contribution in [1.29, 1.82) is 5.26 Å². The second kappa shape index (κ2) is 7.04. The van der Waals surface area contributed by atoms with E-state index >= 15 is 0 Å². The molecule has 0 aromatic heterocycles. The Hall–Kier alpha value is -3.07. The van der Waals surface area contributed by atoms with E-state index in [1.54, 1.807) is 13.0 Å². The molecule has 1 fully saturated rings. The Bertz CT molecular complexity index is 899. The molecule has 134 valence electrons. The van der Waals surface area contributed by atoms with E-state index in [1.807, 2.05) is 30.3 Å². The van der Waals surface area contributed by atoms with Gasteiger partial charge < -0.3 is 15.4 Å². The number of esters is 1. The first kappa shape index (κ1) is 17.7. The highest BCUT2D eigenvalue weighted by molar-refractivity contribution is 6.02. The largest absolute Gasteiger partial charge is 0.465 e. The summed E-state index contributed by atoms with van der Waals surface area (Å²) in [5.41, 5.74) is 0.0490. The number of methoxy groups -OCH3 is 1. The van der Waals surface area contributed by atoms with E-state index in [4.69, 9.17) is 4.74 Å². The number of anilines is 1. The summed E-state index contributed by atoms with van der Waals surface area (Å²) in [6.07, 6.45) is 1.91. The predicted octanol–water partition coefficient (Wildman–Crippen LogP) is 2.85. The van der Waals surface area contributed by atoms with E-state index in [1.165, 1.54) is 7.11 Å². The van der Waals surface area contributed by atoms with Gasteiger partial charge in [0.2, 0.25) is 5.91 Å². The van der Waals surface area contributed by atoms with Crippen LogP contribution >= 0.6 is 0 Å². The standard InChI is InChI=1S/C20H21N3O3/c1-20(12-21,15-7-8-15)23-18(24)11-22-17-10-14-6-4-3-5-13(14)9-16(17)19(25)26-2/h3-6,9-10,15,22H,7-8,11H2,1-2H3,(H,23,24)/t20-/m0/s1. The number of fused-ring (bicyclic) bond motifs is 1. The number of nitrogens with one attached hydrogen (secondary N) is 2. The molecule has 0 unspecified atom stereocenters. The lowest BCUT2D eigenvalue weighted by atomic mass is 9.98. The van der Waals surface area contributed by atoms with E-state index in [9.17, 15) is 14.9 Å². The highest BCUT2D eigenvalue weighted by Crippen LogP contribution is 2.39. The van der Waals surface area contributed by atoms with Crippen molar-refractivity contribution in [3.63, 3.8) is 0 Å². The van der Waals surface area contributed by atoms with Crippen molar-refractivity contribution in [1.82, 2.24) is 5.32 Å². The monoisotopic (exact) mass is 351 g/mol. The van der Waals surface area contributed by atoms with Gasteiger partial charge in [0.05, 0.1) is 25.3 Å². The lowest BCUT2D eigenvalue weighted by molar-refractivity contribution is -0.120. The van der Waals surface area contributed by atoms with Gasteiger partial charge in [0.15, 0.2) is 0 Å². The Morgan fingerprint density at radius 2 is 1.92 bits per heavy atom. The average Bonchev–Trinajstić information content (AvgIpc) is 3.50. The highest BCUT2D eigenvalue weighted by atomic mass is 16.5. The van der Waals surface area contributed by atoms with Crippen LogP contribution < -0.4 is 10.6 Å². The average molecular weight is 351 g/mol. The van der Waals surface area contributed by atoms with E-state index in [-0.39, 0.29) is 18.4 Å². The van der Waals surface area contributed by atoms with Crippen molar-refractivity contribution < 1.29 is 14.3 Å². The maximum atomic E-state index is 12.3. The minimum atomic E-state index is -0.840. The predicted molar refractivity (Wildman–Crippen MR) is 98.7 cm³/mol. The number of nitriles is 1. The molecule has 0 bridgehead atoms. The van der Waals surface area contributed by atoms with Crippen LogP contribution in [0.2, 0.25) is 0 Å². The molecule has 1 amide bonds. The van der Waals surface area contributed by atoms with Crippen LogP contribution in [0, 0.1) is 17.2 Å². The van der Waals surface area contributed by atoms with Crippen LogP contribution in [-0.2, 0) is 9.53 Å². The Kier molecular flexibility index (Phi) is 4.81. The van der Waals surface area contributed by atoms with Gasteiger partial charge in [0.25, 0.3) is 0 Å². The third kappa shape index (κ3) is 3.62. The van der Waals surface area contributed by atoms with E-state index in [2.05, 4.69) is 16.7 Å². The van der Waals surface area contributed by atoms with Crippen LogP contribution in [0.5, 0.6) is 0 Å². The molecule has 1 saturated carbocycles. The number of amides is 1. The first-order valence-electron chi connectivity index (χ1n) is 8.54. The number of ether oxygens (including phenoxy) is 1. The van der Waals surface area contributed by atoms with Crippen molar-refractivity contribution in [2.45, 2.75) is 25.3 Å². The first-order valence-corrected chi connectivity index (χ1v) is 8.54. The van der Waals surface area contributed by atoms with Crippen LogP contribution in [0.15, 0.2) is 36.4 Å². The van der Waals surface area contributed by atoms with E-state index in [0.717, 1.165) is 23.6 Å². The molecule has 3 rings (SSSR count). The Balaban J connectivity index is 1.78. The molecule has 6 heteroatoms. The Labute approximate surface area is 152 Å². The summed E-state index contributed by atoms with van der Waals surface area (Å²) in [7, 11) is 1.32. The number of carbonyl (C=O) groups is 2. The van der Waals surface area contributed by atoms with Crippen molar-refractivity contribution in [3.05, 3.63) is 42.0 Å². The maximum Gasteiger partial charge on any atom is 0.339 e. The number of hydrogen-bond donors (Lipinski definition) is 2. The zero-order chi connectivity index (χ0) is 18.7. The third-order valence-corrected chi connectivity index (χ3v) is 4.76. The normalized spacial score (nSPS) is 15.6. The zero-order valence-corrected chi connectivity index (χ0v) is 14.8. The van der Waals surface area contributed by atoms with Gasteiger partial charge in [-0.3, -0.25) is 4.79 Å². The highest BCUT2D eigenvalue weighted by Gasteiger charge is 2.42. The van der Waals surface area contributed by atoms with Gasteiger partial charge in [-0.25, -0.2) is 4.79 Å². The van der Waals surface area contributed by atoms with Gasteiger partial charge in [-0.05, 0) is 48.6 Å². The summed E-state index contributed by atoms with van der Waals surface area (Å²) in [6.45, 7) is 1.71. The molecule has 2 aromatic carbocycles. The second-order valence-corrected chi connectivity index (χ2v) is 6.73. The molecule has 0 aliphatic heterocycles. The van der Waals surface area contributed by atoms with Crippen LogP contribution in [0.1, 0.15) is 30.1 Å². The number of rotatable bonds is 6. The molecular formula is C20H21N3O3. The number of nitrogens with zero attached hydrogens (tertiary/aromatic N) is 1. The van der Waals surface area contributed by atoms with E-state index in [0.29, 0.717) is 11.3 Å². The molecule has 1 aliphatic rings. The van der Waals surface area contributed by atoms with Gasteiger partial charge in [0.1, 0.15) is 5.54 Å². The fourth-order valence-electron chi connectivity index (χ4n) is 3.06. The molecular weight excluding hydrogens is 330 g/mol. The van der Waals surface area contributed by atoms with E-state index < -0.39 is 11.5 Å². The lowest BCUT2D eigenvalue weighted by Crippen LogP contribution is -2.48. The third-order valence-electron chi connectivity index (χ3n) is 4.76. The van der Waals surface area contributed by atoms with Crippen molar-refractivity contribution in [2.24, 2.45) is 5.92 Å². The van der Waals surface area contributed by atoms with Crippen molar-refractivity contribution in [2.75, 3.05) is 19.0 Å². The quantitative estimate of drug-likeness (QED) is 0.781. The van der Waals surface area contributed by atoms with Gasteiger partial charge in [-0.2, -0.15) is 5.26 Å². The van der Waals surface area contributed by atoms with Crippen LogP contribution in [-0.4, -0.2) is 31.1 Å². The second-order valence-electron chi connectivity index (χ2n) is 6.73. The van der Waals surface area contributed by atoms with Gasteiger partial charge >= 0.3 is 5.97 Å². The van der Waals surface area contributed by atoms with Crippen LogP contribution in [0.4, 0.5) is 5.69 Å². The lowest BCUT2D eigenvalue weighted by Gasteiger charge is -2.23. The summed E-state index contributed by atoms with van der Waals surface area (Å²) in [6, 6.07) is 13.4. The minimum Gasteiger partial charge on any atom is -0.465 e. The Morgan fingerprint density at radius 3 is 2.50 bits per heavy atom. The van der Waals surface area contributed by atoms with Crippen molar-refractivity contribution in [3.8, 4) is 6.07 Å². The summed E-state index contributed by atoms with van der Waals surface area (Å²) in [5.74, 6) is -0.550. The van der Waals surface area contributed by atoms with Gasteiger partial charge in [-0.15, -0.1) is 0 Å². The molecule has 0 spiro atoms. The molecule has 1 atom stereocenters. The molecule has 2 aromatic rings. The summed E-state index contributed by atoms with van der Waals surface area (Å²) in [4.78, 5) is 24.4. The van der Waals surface area contributed by atoms with Gasteiger partial charge in [-0.1, -0.05) is 24.3 Å². The molecule has 26 heavy (non-hydrogen) atoms. The summed E-state index contributed by atoms with van der Waals surface area (Å²) < 4.78 is 4.85. The first-order chi connectivity index (χ1) is 12.5. The summed E-state index contributed by atoms with van der Waals surface area (Å²) in [5, 5.41) is 17.0. The number of carbonyl (C=O) groups excluding carboxylic acids is 2. The number of benzene rings is 2. The SMILES string of the molecule is COC(=O)c1cc2ccccc2cc1NCC(=O)N[C@@](C)(C#N)C1CC1. The van der Waals surface area contributed by atoms with Crippen LogP contribution in [0.3, 0.4) is 0 Å². The minimum absolute atomic E-state index is 0.0354.